The summed E-state index contributed by atoms with van der Waals surface area (Å²) < 4.78 is 5.54. The quantitative estimate of drug-likeness (QED) is 0.870. The predicted octanol–water partition coefficient (Wildman–Crippen LogP) is 2.46. The van der Waals surface area contributed by atoms with E-state index in [1.165, 1.54) is 7.11 Å². The molecule has 70 valence electrons. The lowest BCUT2D eigenvalue weighted by Crippen LogP contribution is -2.03. The maximum Gasteiger partial charge on any atom is 0.340 e. The molecule has 1 aromatic carbocycles. The highest BCUT2D eigenvalue weighted by Gasteiger charge is 2.16. The van der Waals surface area contributed by atoms with Crippen molar-refractivity contribution in [3.8, 4) is 5.75 Å². The van der Waals surface area contributed by atoms with Crippen molar-refractivity contribution in [2.75, 3.05) is 7.11 Å². The smallest absolute Gasteiger partial charge is 0.340 e. The number of carboxylic acid groups (broad SMARTS) is 1. The molecule has 0 saturated carbocycles. The van der Waals surface area contributed by atoms with Crippen molar-refractivity contribution < 1.29 is 14.6 Å². The number of methoxy groups -OCH3 is 1. The van der Waals surface area contributed by atoms with Crippen LogP contribution in [0.3, 0.4) is 0 Å². The Morgan fingerprint density at radius 1 is 1.54 bits per heavy atom. The van der Waals surface area contributed by atoms with Crippen LogP contribution in [0.5, 0.6) is 5.75 Å². The Balaban J connectivity index is 3.43. The largest absolute Gasteiger partial charge is 0.496 e. The molecule has 13 heavy (non-hydrogen) atoms. The zero-order valence-corrected chi connectivity index (χ0v) is 8.88. The van der Waals surface area contributed by atoms with E-state index in [1.807, 2.05) is 0 Å². The van der Waals surface area contributed by atoms with Crippen LogP contribution in [-0.4, -0.2) is 18.2 Å². The molecule has 1 rings (SSSR count). The first-order valence-corrected chi connectivity index (χ1v) is 4.43. The van der Waals surface area contributed by atoms with Gasteiger partial charge in [0.25, 0.3) is 0 Å². The van der Waals surface area contributed by atoms with Gasteiger partial charge < -0.3 is 9.84 Å². The van der Waals surface area contributed by atoms with Gasteiger partial charge in [0.15, 0.2) is 0 Å². The Hall–Kier alpha value is -1.03. The maximum atomic E-state index is 10.8. The molecule has 0 unspecified atom stereocenters. The molecule has 0 aliphatic rings. The van der Waals surface area contributed by atoms with Gasteiger partial charge in [-0.1, -0.05) is 6.07 Å². The molecule has 3 nitrogen and oxygen atoms in total. The topological polar surface area (TPSA) is 46.5 Å². The summed E-state index contributed by atoms with van der Waals surface area (Å²) in [5, 5.41) is 8.89. The number of hydrogen-bond donors (Lipinski definition) is 1. The minimum Gasteiger partial charge on any atom is -0.496 e. The lowest BCUT2D eigenvalue weighted by Gasteiger charge is -2.09. The van der Waals surface area contributed by atoms with Gasteiger partial charge in [-0.2, -0.15) is 0 Å². The molecule has 0 aliphatic carbocycles. The maximum absolute atomic E-state index is 10.8. The highest BCUT2D eigenvalue weighted by Crippen LogP contribution is 2.29. The van der Waals surface area contributed by atoms with Gasteiger partial charge in [-0.05, 0) is 34.5 Å². The Labute approximate surface area is 84.5 Å². The first-order valence-electron chi connectivity index (χ1n) is 3.64. The number of benzene rings is 1. The molecule has 4 heteroatoms. The summed E-state index contributed by atoms with van der Waals surface area (Å²) in [5.74, 6) is -0.589. The summed E-state index contributed by atoms with van der Waals surface area (Å²) in [6.45, 7) is 1.80. The van der Waals surface area contributed by atoms with Gasteiger partial charge in [-0.25, -0.2) is 4.79 Å². The molecule has 0 spiro atoms. The molecular formula is C9H9BrO3. The van der Waals surface area contributed by atoms with Crippen molar-refractivity contribution in [2.45, 2.75) is 6.92 Å². The zero-order valence-electron chi connectivity index (χ0n) is 7.30. The lowest BCUT2D eigenvalue weighted by molar-refractivity contribution is 0.0692. The van der Waals surface area contributed by atoms with Crippen molar-refractivity contribution in [3.05, 3.63) is 27.7 Å². The van der Waals surface area contributed by atoms with Gasteiger partial charge in [0, 0.05) is 4.47 Å². The van der Waals surface area contributed by atoms with Crippen molar-refractivity contribution in [3.63, 3.8) is 0 Å². The average Bonchev–Trinajstić information content (AvgIpc) is 2.07. The second kappa shape index (κ2) is 3.79. The summed E-state index contributed by atoms with van der Waals surface area (Å²) >= 11 is 3.16. The van der Waals surface area contributed by atoms with Crippen molar-refractivity contribution in [1.29, 1.82) is 0 Å². The Kier molecular flexibility index (Phi) is 2.93. The van der Waals surface area contributed by atoms with E-state index in [2.05, 4.69) is 15.9 Å². The highest BCUT2D eigenvalue weighted by molar-refractivity contribution is 9.10. The molecule has 0 heterocycles. The van der Waals surface area contributed by atoms with Crippen LogP contribution in [0.2, 0.25) is 0 Å². The van der Waals surface area contributed by atoms with E-state index in [0.29, 0.717) is 10.2 Å². The number of aromatic carboxylic acids is 1. The number of aryl methyl sites for hydroxylation is 1. The minimum atomic E-state index is -0.993. The van der Waals surface area contributed by atoms with E-state index in [9.17, 15) is 4.79 Å². The third-order valence-electron chi connectivity index (χ3n) is 1.72. The predicted molar refractivity (Wildman–Crippen MR) is 52.4 cm³/mol. The molecule has 0 radical (unpaired) electrons. The SMILES string of the molecule is COc1c(C)ccc(Br)c1C(=O)O. The van der Waals surface area contributed by atoms with Crippen LogP contribution in [0, 0.1) is 6.92 Å². The van der Waals surface area contributed by atoms with Crippen LogP contribution in [0.4, 0.5) is 0 Å². The van der Waals surface area contributed by atoms with E-state index >= 15 is 0 Å². The van der Waals surface area contributed by atoms with E-state index in [4.69, 9.17) is 9.84 Å². The monoisotopic (exact) mass is 244 g/mol. The number of rotatable bonds is 2. The lowest BCUT2D eigenvalue weighted by atomic mass is 10.1. The van der Waals surface area contributed by atoms with Crippen LogP contribution in [0.15, 0.2) is 16.6 Å². The normalized spacial score (nSPS) is 9.77. The van der Waals surface area contributed by atoms with Crippen molar-refractivity contribution in [1.82, 2.24) is 0 Å². The fourth-order valence-electron chi connectivity index (χ4n) is 1.13. The van der Waals surface area contributed by atoms with E-state index in [1.54, 1.807) is 19.1 Å². The summed E-state index contributed by atoms with van der Waals surface area (Å²) in [6, 6.07) is 3.50. The molecule has 0 aromatic heterocycles. The zero-order chi connectivity index (χ0) is 10.0. The highest BCUT2D eigenvalue weighted by atomic mass is 79.9. The Morgan fingerprint density at radius 2 is 2.15 bits per heavy atom. The van der Waals surface area contributed by atoms with Gasteiger partial charge >= 0.3 is 5.97 Å². The van der Waals surface area contributed by atoms with Crippen molar-refractivity contribution >= 4 is 21.9 Å². The second-order valence-corrected chi connectivity index (χ2v) is 3.43. The van der Waals surface area contributed by atoms with E-state index in [0.717, 1.165) is 5.56 Å². The van der Waals surface area contributed by atoms with Crippen LogP contribution in [-0.2, 0) is 0 Å². The third kappa shape index (κ3) is 1.83. The summed E-state index contributed by atoms with van der Waals surface area (Å²) in [5.41, 5.74) is 0.977. The summed E-state index contributed by atoms with van der Waals surface area (Å²) in [4.78, 5) is 10.8. The second-order valence-electron chi connectivity index (χ2n) is 2.58. The number of hydrogen-bond acceptors (Lipinski definition) is 2. The minimum absolute atomic E-state index is 0.169. The Bertz CT molecular complexity index is 347. The van der Waals surface area contributed by atoms with Crippen LogP contribution >= 0.6 is 15.9 Å². The van der Waals surface area contributed by atoms with Crippen LogP contribution in [0.1, 0.15) is 15.9 Å². The molecule has 0 bridgehead atoms. The van der Waals surface area contributed by atoms with E-state index < -0.39 is 5.97 Å². The average molecular weight is 245 g/mol. The summed E-state index contributed by atoms with van der Waals surface area (Å²) in [6.07, 6.45) is 0. The van der Waals surface area contributed by atoms with Gasteiger partial charge in [0.1, 0.15) is 11.3 Å². The molecule has 0 atom stereocenters. The van der Waals surface area contributed by atoms with Gasteiger partial charge in [-0.15, -0.1) is 0 Å². The number of carbonyl (C=O) groups is 1. The van der Waals surface area contributed by atoms with Crippen molar-refractivity contribution in [2.24, 2.45) is 0 Å². The number of carboxylic acids is 1. The fourth-order valence-corrected chi connectivity index (χ4v) is 1.61. The van der Waals surface area contributed by atoms with Crippen LogP contribution in [0.25, 0.3) is 0 Å². The molecule has 1 aromatic rings. The molecule has 0 aliphatic heterocycles. The Morgan fingerprint density at radius 3 is 2.54 bits per heavy atom. The molecule has 0 amide bonds. The number of halogens is 1. The molecular weight excluding hydrogens is 236 g/mol. The van der Waals surface area contributed by atoms with Gasteiger partial charge in [-0.3, -0.25) is 0 Å². The van der Waals surface area contributed by atoms with E-state index in [-0.39, 0.29) is 5.56 Å². The van der Waals surface area contributed by atoms with Crippen LogP contribution < -0.4 is 4.74 Å². The van der Waals surface area contributed by atoms with Gasteiger partial charge in [0.05, 0.1) is 7.11 Å². The fraction of sp³-hybridized carbons (Fsp3) is 0.222. The molecule has 1 N–H and O–H groups in total. The standard InChI is InChI=1S/C9H9BrO3/c1-5-3-4-6(10)7(9(11)12)8(5)13-2/h3-4H,1-2H3,(H,11,12). The first kappa shape index (κ1) is 10.1. The van der Waals surface area contributed by atoms with Gasteiger partial charge in [0.2, 0.25) is 0 Å². The molecule has 0 saturated heterocycles. The summed E-state index contributed by atoms with van der Waals surface area (Å²) in [7, 11) is 1.46. The number of ether oxygens (including phenoxy) is 1. The molecule has 0 fully saturated rings. The third-order valence-corrected chi connectivity index (χ3v) is 2.38. The first-order chi connectivity index (χ1) is 6.07.